The molecule has 0 unspecified atom stereocenters. The molecular formula is C15H12Cl2N2O3S. The van der Waals surface area contributed by atoms with Crippen molar-refractivity contribution in [2.24, 2.45) is 5.14 Å². The lowest BCUT2D eigenvalue weighted by Crippen LogP contribution is -2.13. The van der Waals surface area contributed by atoms with Crippen molar-refractivity contribution in [3.8, 4) is 0 Å². The molecule has 0 heterocycles. The van der Waals surface area contributed by atoms with E-state index in [1.54, 1.807) is 24.3 Å². The summed E-state index contributed by atoms with van der Waals surface area (Å²) in [7, 11) is -3.83. The second-order valence-electron chi connectivity index (χ2n) is 4.54. The number of nitrogens with two attached hydrogens (primary N) is 1. The summed E-state index contributed by atoms with van der Waals surface area (Å²) in [5.41, 5.74) is 0.899. The molecule has 23 heavy (non-hydrogen) atoms. The second kappa shape index (κ2) is 7.14. The minimum Gasteiger partial charge on any atom is -0.322 e. The van der Waals surface area contributed by atoms with Crippen LogP contribution in [0.25, 0.3) is 6.08 Å². The summed E-state index contributed by atoms with van der Waals surface area (Å²) in [4.78, 5) is 11.8. The third-order valence-electron chi connectivity index (χ3n) is 2.83. The lowest BCUT2D eigenvalue weighted by molar-refractivity contribution is -0.111. The third kappa shape index (κ3) is 4.80. The highest BCUT2D eigenvalue weighted by atomic mass is 35.5. The Hall–Kier alpha value is -1.86. The first-order valence-electron chi connectivity index (χ1n) is 6.33. The van der Waals surface area contributed by atoms with Gasteiger partial charge in [-0.25, -0.2) is 13.6 Å². The lowest BCUT2D eigenvalue weighted by Gasteiger charge is -2.04. The summed E-state index contributed by atoms with van der Waals surface area (Å²) in [6.45, 7) is 0. The van der Waals surface area contributed by atoms with Gasteiger partial charge >= 0.3 is 0 Å². The van der Waals surface area contributed by atoms with E-state index in [0.29, 0.717) is 21.3 Å². The van der Waals surface area contributed by atoms with E-state index in [1.807, 2.05) is 0 Å². The van der Waals surface area contributed by atoms with Crippen LogP contribution in [0.2, 0.25) is 10.0 Å². The van der Waals surface area contributed by atoms with Crippen LogP contribution in [0, 0.1) is 0 Å². The molecule has 0 atom stereocenters. The van der Waals surface area contributed by atoms with E-state index in [0.717, 1.165) is 0 Å². The van der Waals surface area contributed by atoms with Crippen LogP contribution in [0.15, 0.2) is 53.4 Å². The number of primary sulfonamides is 1. The summed E-state index contributed by atoms with van der Waals surface area (Å²) in [5, 5.41) is 8.30. The van der Waals surface area contributed by atoms with Gasteiger partial charge in [0.15, 0.2) is 0 Å². The van der Waals surface area contributed by atoms with Gasteiger partial charge in [0.1, 0.15) is 0 Å². The van der Waals surface area contributed by atoms with E-state index in [4.69, 9.17) is 28.3 Å². The zero-order chi connectivity index (χ0) is 17.0. The van der Waals surface area contributed by atoms with Gasteiger partial charge in [0.2, 0.25) is 15.9 Å². The van der Waals surface area contributed by atoms with E-state index in [9.17, 15) is 13.2 Å². The normalized spacial score (nSPS) is 11.6. The van der Waals surface area contributed by atoms with Crippen LogP contribution >= 0.6 is 23.2 Å². The van der Waals surface area contributed by atoms with Crippen molar-refractivity contribution in [3.05, 3.63) is 64.1 Å². The largest absolute Gasteiger partial charge is 0.322 e. The van der Waals surface area contributed by atoms with Crippen LogP contribution in [0.3, 0.4) is 0 Å². The molecule has 8 heteroatoms. The topological polar surface area (TPSA) is 89.3 Å². The third-order valence-corrected chi connectivity index (χ3v) is 4.57. The molecule has 2 aromatic carbocycles. The van der Waals surface area contributed by atoms with Crippen molar-refractivity contribution >= 4 is 50.9 Å². The van der Waals surface area contributed by atoms with Crippen molar-refractivity contribution in [1.29, 1.82) is 0 Å². The summed E-state index contributed by atoms with van der Waals surface area (Å²) in [6.07, 6.45) is 2.77. The predicted molar refractivity (Wildman–Crippen MR) is 91.9 cm³/mol. The molecule has 0 aromatic heterocycles. The fourth-order valence-corrected chi connectivity index (χ4v) is 2.68. The quantitative estimate of drug-likeness (QED) is 0.809. The number of rotatable bonds is 4. The average molecular weight is 371 g/mol. The first kappa shape index (κ1) is 17.5. The molecule has 0 fully saturated rings. The molecule has 1 amide bonds. The maximum absolute atomic E-state index is 11.9. The molecule has 0 bridgehead atoms. The van der Waals surface area contributed by atoms with Gasteiger partial charge in [0, 0.05) is 11.8 Å². The van der Waals surface area contributed by atoms with Crippen molar-refractivity contribution in [1.82, 2.24) is 0 Å². The van der Waals surface area contributed by atoms with Crippen molar-refractivity contribution in [3.63, 3.8) is 0 Å². The maximum atomic E-state index is 11.9. The number of amides is 1. The van der Waals surface area contributed by atoms with Crippen LogP contribution in [-0.2, 0) is 14.8 Å². The number of benzene rings is 2. The van der Waals surface area contributed by atoms with E-state index in [1.165, 1.54) is 30.4 Å². The highest BCUT2D eigenvalue weighted by Gasteiger charge is 2.08. The Balaban J connectivity index is 2.14. The Kier molecular flexibility index (Phi) is 5.43. The second-order valence-corrected chi connectivity index (χ2v) is 6.89. The highest BCUT2D eigenvalue weighted by Crippen LogP contribution is 2.26. The summed E-state index contributed by atoms with van der Waals surface area (Å²) in [5.74, 6) is -0.451. The van der Waals surface area contributed by atoms with Crippen LogP contribution < -0.4 is 10.5 Å². The van der Waals surface area contributed by atoms with Crippen molar-refractivity contribution < 1.29 is 13.2 Å². The number of anilines is 1. The van der Waals surface area contributed by atoms with Crippen LogP contribution in [0.1, 0.15) is 5.56 Å². The van der Waals surface area contributed by atoms with Gasteiger partial charge in [-0.3, -0.25) is 4.79 Å². The Morgan fingerprint density at radius 2 is 1.83 bits per heavy atom. The molecule has 0 saturated heterocycles. The Morgan fingerprint density at radius 1 is 1.13 bits per heavy atom. The summed E-state index contributed by atoms with van der Waals surface area (Å²) in [6, 6.07) is 10.7. The van der Waals surface area contributed by atoms with Crippen molar-refractivity contribution in [2.45, 2.75) is 4.90 Å². The Labute approximate surface area is 143 Å². The predicted octanol–water partition coefficient (Wildman–Crippen LogP) is 3.29. The number of halogens is 2. The van der Waals surface area contributed by atoms with Gasteiger partial charge in [-0.15, -0.1) is 0 Å². The number of nitrogens with one attached hydrogen (secondary N) is 1. The number of hydrogen-bond acceptors (Lipinski definition) is 3. The fraction of sp³-hybridized carbons (Fsp3) is 0. The highest BCUT2D eigenvalue weighted by molar-refractivity contribution is 7.89. The monoisotopic (exact) mass is 370 g/mol. The van der Waals surface area contributed by atoms with Gasteiger partial charge in [-0.2, -0.15) is 0 Å². The first-order chi connectivity index (χ1) is 10.8. The standard InChI is InChI=1S/C15H12Cl2N2O3S/c16-13-6-1-3-10(15(13)17)7-8-14(20)19-11-4-2-5-12(9-11)23(18,21)22/h1-9H,(H,19,20)(H2,18,21,22)/b8-7+. The summed E-state index contributed by atoms with van der Waals surface area (Å²) < 4.78 is 22.5. The SMILES string of the molecule is NS(=O)(=O)c1cccc(NC(=O)/C=C/c2cccc(Cl)c2Cl)c1. The van der Waals surface area contributed by atoms with Gasteiger partial charge in [-0.1, -0.05) is 41.4 Å². The van der Waals surface area contributed by atoms with E-state index in [-0.39, 0.29) is 4.90 Å². The zero-order valence-electron chi connectivity index (χ0n) is 11.7. The number of carbonyl (C=O) groups excluding carboxylic acids is 1. The molecule has 0 aliphatic rings. The van der Waals surface area contributed by atoms with Gasteiger partial charge < -0.3 is 5.32 Å². The smallest absolute Gasteiger partial charge is 0.248 e. The maximum Gasteiger partial charge on any atom is 0.248 e. The molecular weight excluding hydrogens is 359 g/mol. The summed E-state index contributed by atoms with van der Waals surface area (Å²) >= 11 is 11.9. The number of hydrogen-bond donors (Lipinski definition) is 2. The van der Waals surface area contributed by atoms with Crippen LogP contribution in [0.4, 0.5) is 5.69 Å². The van der Waals surface area contributed by atoms with E-state index in [2.05, 4.69) is 5.32 Å². The number of carbonyl (C=O) groups is 1. The van der Waals surface area contributed by atoms with Crippen LogP contribution in [0.5, 0.6) is 0 Å². The Bertz CT molecular complexity index is 880. The van der Waals surface area contributed by atoms with Crippen molar-refractivity contribution in [2.75, 3.05) is 5.32 Å². The van der Waals surface area contributed by atoms with E-state index >= 15 is 0 Å². The van der Waals surface area contributed by atoms with Gasteiger partial charge in [0.25, 0.3) is 0 Å². The Morgan fingerprint density at radius 3 is 2.52 bits per heavy atom. The van der Waals surface area contributed by atoms with Crippen LogP contribution in [-0.4, -0.2) is 14.3 Å². The fourth-order valence-electron chi connectivity index (χ4n) is 1.75. The molecule has 5 nitrogen and oxygen atoms in total. The molecule has 2 aromatic rings. The molecule has 3 N–H and O–H groups in total. The molecule has 0 aliphatic heterocycles. The average Bonchev–Trinajstić information content (AvgIpc) is 2.48. The first-order valence-corrected chi connectivity index (χ1v) is 8.63. The van der Waals surface area contributed by atoms with Gasteiger partial charge in [-0.05, 0) is 35.9 Å². The molecule has 2 rings (SSSR count). The number of sulfonamides is 1. The molecule has 120 valence electrons. The molecule has 0 saturated carbocycles. The lowest BCUT2D eigenvalue weighted by atomic mass is 10.2. The molecule has 0 radical (unpaired) electrons. The molecule has 0 spiro atoms. The zero-order valence-corrected chi connectivity index (χ0v) is 14.0. The minimum absolute atomic E-state index is 0.0860. The molecule has 0 aliphatic carbocycles. The van der Waals surface area contributed by atoms with E-state index < -0.39 is 15.9 Å². The minimum atomic E-state index is -3.83. The van der Waals surface area contributed by atoms with Gasteiger partial charge in [0.05, 0.1) is 14.9 Å².